The summed E-state index contributed by atoms with van der Waals surface area (Å²) in [5, 5.41) is 105. The van der Waals surface area contributed by atoms with E-state index in [1.54, 1.807) is 6.92 Å². The van der Waals surface area contributed by atoms with Crippen LogP contribution < -0.4 is 0 Å². The van der Waals surface area contributed by atoms with Gasteiger partial charge in [-0.2, -0.15) is 0 Å². The van der Waals surface area contributed by atoms with Crippen molar-refractivity contribution in [2.45, 2.75) is 172 Å². The summed E-state index contributed by atoms with van der Waals surface area (Å²) in [6.45, 7) is 8.46. The molecule has 10 N–H and O–H groups in total. The Labute approximate surface area is 328 Å². The van der Waals surface area contributed by atoms with Crippen molar-refractivity contribution in [3.63, 3.8) is 0 Å². The van der Waals surface area contributed by atoms with Gasteiger partial charge in [-0.15, -0.1) is 0 Å². The fourth-order valence-corrected chi connectivity index (χ4v) is 11.3. The van der Waals surface area contributed by atoms with Gasteiger partial charge in [0.05, 0.1) is 36.9 Å². The predicted molar refractivity (Wildman–Crippen MR) is 198 cm³/mol. The Bertz CT molecular complexity index is 1440. The first-order valence-corrected chi connectivity index (χ1v) is 20.6. The van der Waals surface area contributed by atoms with Gasteiger partial charge in [0.15, 0.2) is 12.6 Å². The molecule has 2 heterocycles. The van der Waals surface area contributed by atoms with Crippen LogP contribution >= 0.6 is 0 Å². The van der Waals surface area contributed by atoms with E-state index in [2.05, 4.69) is 26.0 Å². The van der Waals surface area contributed by atoms with Gasteiger partial charge in [0.1, 0.15) is 48.8 Å². The third-order valence-electron chi connectivity index (χ3n) is 15.2. The fraction of sp³-hybridized carbons (Fsp3) is 0.878. The Balaban J connectivity index is 1.16. The van der Waals surface area contributed by atoms with E-state index in [1.165, 1.54) is 11.1 Å². The first-order valence-electron chi connectivity index (χ1n) is 20.6. The molecule has 2 saturated carbocycles. The normalized spacial score (nSPS) is 46.1. The van der Waals surface area contributed by atoms with E-state index >= 15 is 0 Å². The topological polar surface area (TPSA) is 256 Å². The first-order chi connectivity index (χ1) is 26.3. The van der Waals surface area contributed by atoms with Crippen LogP contribution in [0.3, 0.4) is 0 Å². The molecule has 19 unspecified atom stereocenters. The average molecular weight is 799 g/mol. The fourth-order valence-electron chi connectivity index (χ4n) is 11.3. The van der Waals surface area contributed by atoms with Crippen molar-refractivity contribution in [3.05, 3.63) is 23.3 Å². The molecule has 0 aromatic rings. The number of rotatable bonds is 13. The van der Waals surface area contributed by atoms with E-state index in [9.17, 15) is 55.9 Å². The quantitative estimate of drug-likeness (QED) is 0.123. The third-order valence-corrected chi connectivity index (χ3v) is 15.2. The summed E-state index contributed by atoms with van der Waals surface area (Å²) >= 11 is 0. The lowest BCUT2D eigenvalue weighted by Gasteiger charge is -2.54. The highest BCUT2D eigenvalue weighted by molar-refractivity contribution is 5.70. The second kappa shape index (κ2) is 16.8. The maximum Gasteiger partial charge on any atom is 0.306 e. The van der Waals surface area contributed by atoms with Crippen molar-refractivity contribution in [2.24, 2.45) is 40.4 Å². The van der Waals surface area contributed by atoms with E-state index in [0.29, 0.717) is 12.8 Å². The third kappa shape index (κ3) is 7.67. The van der Waals surface area contributed by atoms with Crippen LogP contribution in [-0.2, 0) is 23.7 Å². The molecule has 4 fully saturated rings. The number of allylic oxidation sites excluding steroid dienone is 4. The second-order valence-electron chi connectivity index (χ2n) is 18.4. The number of fused-ring (bicyclic) bond motifs is 5. The SMILES string of the molecule is CC(C)C(O)(CCC(C(=O)O)C1CCC2C3=CCC4CC(OC5OC(CO)C(O)C(O)C5OC5OC(CO)C(O)C(O)C5O)CCC4(C)C3=CCC21C)C(C)O. The molecule has 4 aliphatic carbocycles. The van der Waals surface area contributed by atoms with Crippen LogP contribution in [0.4, 0.5) is 0 Å². The van der Waals surface area contributed by atoms with Crippen LogP contribution in [0, 0.1) is 40.4 Å². The van der Waals surface area contributed by atoms with Crippen molar-refractivity contribution >= 4 is 5.97 Å². The van der Waals surface area contributed by atoms with Crippen molar-refractivity contribution in [1.82, 2.24) is 0 Å². The zero-order valence-electron chi connectivity index (χ0n) is 33.3. The number of hydrogen-bond acceptors (Lipinski definition) is 14. The number of carboxylic acids is 1. The zero-order valence-corrected chi connectivity index (χ0v) is 33.3. The van der Waals surface area contributed by atoms with Gasteiger partial charge in [0.2, 0.25) is 0 Å². The molecule has 0 bridgehead atoms. The molecule has 6 rings (SSSR count). The molecule has 0 aromatic heterocycles. The van der Waals surface area contributed by atoms with Gasteiger partial charge in [0, 0.05) is 0 Å². The first kappa shape index (κ1) is 44.0. The molecule has 0 aromatic carbocycles. The van der Waals surface area contributed by atoms with E-state index in [4.69, 9.17) is 18.9 Å². The largest absolute Gasteiger partial charge is 0.481 e. The zero-order chi connectivity index (χ0) is 41.1. The van der Waals surface area contributed by atoms with Crippen molar-refractivity contribution in [1.29, 1.82) is 0 Å². The maximum atomic E-state index is 12.8. The molecular weight excluding hydrogens is 732 g/mol. The summed E-state index contributed by atoms with van der Waals surface area (Å²) < 4.78 is 23.8. The van der Waals surface area contributed by atoms with Gasteiger partial charge in [-0.3, -0.25) is 4.79 Å². The van der Waals surface area contributed by atoms with E-state index < -0.39 is 98.2 Å². The van der Waals surface area contributed by atoms with Crippen molar-refractivity contribution in [3.8, 4) is 0 Å². The smallest absolute Gasteiger partial charge is 0.306 e. The van der Waals surface area contributed by atoms with Crippen LogP contribution in [0.2, 0.25) is 0 Å². The molecule has 2 aliphatic heterocycles. The predicted octanol–water partition coefficient (Wildman–Crippen LogP) is 0.744. The summed E-state index contributed by atoms with van der Waals surface area (Å²) in [5.74, 6) is -1.46. The monoisotopic (exact) mass is 798 g/mol. The second-order valence-corrected chi connectivity index (χ2v) is 18.4. The van der Waals surface area contributed by atoms with Crippen LogP contribution in [0.1, 0.15) is 92.4 Å². The Kier molecular flexibility index (Phi) is 13.2. The van der Waals surface area contributed by atoms with E-state index in [1.807, 2.05) is 13.8 Å². The van der Waals surface area contributed by atoms with Gasteiger partial charge >= 0.3 is 5.97 Å². The molecule has 0 radical (unpaired) electrons. The molecular formula is C41H66O15. The van der Waals surface area contributed by atoms with E-state index in [-0.39, 0.29) is 53.4 Å². The molecule has 15 heteroatoms. The summed E-state index contributed by atoms with van der Waals surface area (Å²) in [5.41, 5.74) is 0.794. The average Bonchev–Trinajstić information content (AvgIpc) is 3.50. The molecule has 56 heavy (non-hydrogen) atoms. The molecule has 320 valence electrons. The highest BCUT2D eigenvalue weighted by Crippen LogP contribution is 2.65. The van der Waals surface area contributed by atoms with Crippen LogP contribution in [-0.4, -0.2) is 149 Å². The van der Waals surface area contributed by atoms with Crippen LogP contribution in [0.25, 0.3) is 0 Å². The highest BCUT2D eigenvalue weighted by Gasteiger charge is 2.58. The Hall–Kier alpha value is -1.57. The molecule has 2 saturated heterocycles. The number of ether oxygens (including phenoxy) is 4. The number of carbonyl (C=O) groups is 1. The summed E-state index contributed by atoms with van der Waals surface area (Å²) in [7, 11) is 0. The number of aliphatic hydroxyl groups is 9. The molecule has 6 aliphatic rings. The lowest BCUT2D eigenvalue weighted by molar-refractivity contribution is -0.372. The molecule has 0 amide bonds. The minimum Gasteiger partial charge on any atom is -0.481 e. The Morgan fingerprint density at radius 1 is 0.893 bits per heavy atom. The minimum absolute atomic E-state index is 0.0889. The van der Waals surface area contributed by atoms with Crippen LogP contribution in [0.5, 0.6) is 0 Å². The summed E-state index contributed by atoms with van der Waals surface area (Å²) in [6, 6.07) is 0. The van der Waals surface area contributed by atoms with Gasteiger partial charge in [-0.05, 0) is 110 Å². The number of aliphatic hydroxyl groups excluding tert-OH is 8. The van der Waals surface area contributed by atoms with Gasteiger partial charge in [-0.1, -0.05) is 39.8 Å². The number of aliphatic carboxylic acids is 1. The maximum absolute atomic E-state index is 12.8. The Morgan fingerprint density at radius 3 is 2.14 bits per heavy atom. The number of hydrogen-bond donors (Lipinski definition) is 10. The van der Waals surface area contributed by atoms with Crippen molar-refractivity contribution in [2.75, 3.05) is 13.2 Å². The van der Waals surface area contributed by atoms with Gasteiger partial charge in [-0.25, -0.2) is 0 Å². The van der Waals surface area contributed by atoms with Gasteiger partial charge < -0.3 is 70.0 Å². The number of carboxylic acid groups (broad SMARTS) is 1. The van der Waals surface area contributed by atoms with Crippen molar-refractivity contribution < 1.29 is 74.8 Å². The van der Waals surface area contributed by atoms with Gasteiger partial charge in [0.25, 0.3) is 0 Å². The molecule has 15 nitrogen and oxygen atoms in total. The highest BCUT2D eigenvalue weighted by atomic mass is 16.8. The Morgan fingerprint density at radius 2 is 1.54 bits per heavy atom. The standard InChI is InChI=1S/C41H66O15/c1-19(2)41(52,20(3)44)15-11-24(36(50)51)26-9-8-25-23-7-6-21-16-22(10-13-39(21,4)27(23)12-14-40(25,26)5)53-38-35(33(48)31(46)29(18-43)55-38)56-37-34(49)32(47)30(45)28(17-42)54-37/h7,12,19-22,24-26,28-35,37-38,42-49,52H,6,8-11,13-18H2,1-5H3,(H,50,51). The lowest BCUT2D eigenvalue weighted by Crippen LogP contribution is -2.65. The summed E-state index contributed by atoms with van der Waals surface area (Å²) in [6.07, 6.45) is -6.23. The van der Waals surface area contributed by atoms with Crippen LogP contribution in [0.15, 0.2) is 23.3 Å². The summed E-state index contributed by atoms with van der Waals surface area (Å²) in [4.78, 5) is 12.8. The van der Waals surface area contributed by atoms with E-state index in [0.717, 1.165) is 32.1 Å². The lowest BCUT2D eigenvalue weighted by atomic mass is 9.51. The molecule has 0 spiro atoms. The minimum atomic E-state index is -1.76. The molecule has 19 atom stereocenters.